The van der Waals surface area contributed by atoms with E-state index >= 15 is 0 Å². The van der Waals surface area contributed by atoms with E-state index in [0.717, 1.165) is 42.1 Å². The lowest BCUT2D eigenvalue weighted by Gasteiger charge is -2.21. The number of amides is 1. The molecule has 3 nitrogen and oxygen atoms in total. The van der Waals surface area contributed by atoms with Gasteiger partial charge in [0.05, 0.1) is 0 Å². The third kappa shape index (κ3) is 3.32. The molecule has 2 N–H and O–H groups in total. The first-order valence-electron chi connectivity index (χ1n) is 9.12. The largest absolute Gasteiger partial charge is 0.364 e. The van der Waals surface area contributed by atoms with Crippen LogP contribution >= 0.6 is 0 Å². The van der Waals surface area contributed by atoms with Crippen LogP contribution in [-0.4, -0.2) is 10.5 Å². The molecule has 1 atom stereocenters. The average Bonchev–Trinajstić information content (AvgIpc) is 2.96. The first-order chi connectivity index (χ1) is 12.2. The fourth-order valence-corrected chi connectivity index (χ4v) is 3.79. The lowest BCUT2D eigenvalue weighted by atomic mass is 10.0. The number of benzene rings is 2. The zero-order valence-corrected chi connectivity index (χ0v) is 15.0. The summed E-state index contributed by atoms with van der Waals surface area (Å²) >= 11 is 0. The van der Waals surface area contributed by atoms with Gasteiger partial charge in [-0.2, -0.15) is 0 Å². The molecular weight excluding hydrogens is 308 g/mol. The van der Waals surface area contributed by atoms with E-state index in [0.29, 0.717) is 5.69 Å². The minimum Gasteiger partial charge on any atom is -0.364 e. The highest BCUT2D eigenvalue weighted by atomic mass is 16.1. The molecule has 0 radical (unpaired) electrons. The maximum atomic E-state index is 12.4. The van der Waals surface area contributed by atoms with E-state index in [2.05, 4.69) is 54.8 Å². The van der Waals surface area contributed by atoms with E-state index in [-0.39, 0.29) is 11.9 Å². The van der Waals surface area contributed by atoms with Crippen molar-refractivity contribution in [2.75, 3.05) is 0 Å². The van der Waals surface area contributed by atoms with E-state index in [1.807, 2.05) is 18.2 Å². The Kier molecular flexibility index (Phi) is 5.22. The summed E-state index contributed by atoms with van der Waals surface area (Å²) in [5, 5.41) is 1.16. The Morgan fingerprint density at radius 3 is 2.36 bits per heavy atom. The van der Waals surface area contributed by atoms with Gasteiger partial charge < -0.3 is 10.3 Å². The molecule has 3 heteroatoms. The second kappa shape index (κ2) is 7.56. The molecule has 25 heavy (non-hydrogen) atoms. The van der Waals surface area contributed by atoms with Gasteiger partial charge in [-0.1, -0.05) is 68.8 Å². The molecule has 0 saturated carbocycles. The minimum atomic E-state index is -0.328. The Morgan fingerprint density at radius 1 is 1.04 bits per heavy atom. The summed E-state index contributed by atoms with van der Waals surface area (Å²) in [6.45, 7) is 4.31. The summed E-state index contributed by atoms with van der Waals surface area (Å²) in [6.07, 6.45) is 3.69. The zero-order chi connectivity index (χ0) is 17.8. The van der Waals surface area contributed by atoms with Crippen LogP contribution in [0.5, 0.6) is 0 Å². The average molecular weight is 334 g/mol. The molecule has 0 aliphatic carbocycles. The van der Waals surface area contributed by atoms with E-state index in [9.17, 15) is 4.79 Å². The van der Waals surface area contributed by atoms with Gasteiger partial charge >= 0.3 is 0 Å². The molecule has 0 aliphatic rings. The number of rotatable bonds is 7. The van der Waals surface area contributed by atoms with Gasteiger partial charge in [0, 0.05) is 16.9 Å². The van der Waals surface area contributed by atoms with Crippen molar-refractivity contribution in [1.82, 2.24) is 4.57 Å². The van der Waals surface area contributed by atoms with Crippen LogP contribution in [0.3, 0.4) is 0 Å². The Hall–Kier alpha value is -2.55. The molecule has 0 aliphatic heterocycles. The van der Waals surface area contributed by atoms with Crippen molar-refractivity contribution in [1.29, 1.82) is 0 Å². The molecule has 2 aromatic carbocycles. The third-order valence-corrected chi connectivity index (χ3v) is 4.90. The molecule has 130 valence electrons. The van der Waals surface area contributed by atoms with Crippen molar-refractivity contribution in [3.63, 3.8) is 0 Å². The predicted octanol–water partition coefficient (Wildman–Crippen LogP) is 4.89. The Labute approximate surface area is 149 Å². The normalized spacial score (nSPS) is 12.4. The maximum absolute atomic E-state index is 12.4. The van der Waals surface area contributed by atoms with Crippen LogP contribution in [0.2, 0.25) is 0 Å². The molecule has 1 amide bonds. The summed E-state index contributed by atoms with van der Waals surface area (Å²) in [6, 6.07) is 18.9. The fourth-order valence-electron chi connectivity index (χ4n) is 3.79. The Morgan fingerprint density at radius 2 is 1.72 bits per heavy atom. The van der Waals surface area contributed by atoms with Gasteiger partial charge in [0.15, 0.2) is 0 Å². The molecular formula is C22H26N2O. The second-order valence-corrected chi connectivity index (χ2v) is 6.58. The van der Waals surface area contributed by atoms with Crippen LogP contribution in [0.1, 0.15) is 54.3 Å². The van der Waals surface area contributed by atoms with Crippen LogP contribution in [-0.2, 0) is 12.8 Å². The quantitative estimate of drug-likeness (QED) is 0.657. The van der Waals surface area contributed by atoms with Gasteiger partial charge in [0.1, 0.15) is 5.69 Å². The molecule has 0 saturated heterocycles. The van der Waals surface area contributed by atoms with E-state index < -0.39 is 0 Å². The van der Waals surface area contributed by atoms with Crippen molar-refractivity contribution in [3.05, 3.63) is 71.4 Å². The van der Waals surface area contributed by atoms with Gasteiger partial charge in [0.2, 0.25) is 0 Å². The van der Waals surface area contributed by atoms with Crippen molar-refractivity contribution in [2.45, 2.75) is 45.6 Å². The molecule has 0 fully saturated rings. The standard InChI is InChI=1S/C22H26N2O/c1-3-10-19-18-13-8-9-14-20(18)24(21(19)22(23)25)17(4-2)15-16-11-6-5-7-12-16/h5-9,11-14,17H,3-4,10,15H2,1-2H3,(H2,23,25). The number of carbonyl (C=O) groups is 1. The summed E-state index contributed by atoms with van der Waals surface area (Å²) in [7, 11) is 0. The molecule has 0 bridgehead atoms. The molecule has 3 rings (SSSR count). The van der Waals surface area contributed by atoms with Crippen LogP contribution in [0.4, 0.5) is 0 Å². The first kappa shape index (κ1) is 17.3. The van der Waals surface area contributed by atoms with E-state index in [4.69, 9.17) is 5.73 Å². The summed E-state index contributed by atoms with van der Waals surface area (Å²) in [4.78, 5) is 12.4. The number of fused-ring (bicyclic) bond motifs is 1. The highest BCUT2D eigenvalue weighted by molar-refractivity contribution is 6.01. The number of nitrogens with two attached hydrogens (primary N) is 1. The third-order valence-electron chi connectivity index (χ3n) is 4.90. The maximum Gasteiger partial charge on any atom is 0.265 e. The summed E-state index contributed by atoms with van der Waals surface area (Å²) < 4.78 is 2.19. The Balaban J connectivity index is 2.19. The van der Waals surface area contributed by atoms with Crippen LogP contribution < -0.4 is 5.73 Å². The Bertz CT molecular complexity index is 864. The number of primary amides is 1. The second-order valence-electron chi connectivity index (χ2n) is 6.58. The highest BCUT2D eigenvalue weighted by Gasteiger charge is 2.24. The van der Waals surface area contributed by atoms with Crippen molar-refractivity contribution in [3.8, 4) is 0 Å². The van der Waals surface area contributed by atoms with Crippen molar-refractivity contribution >= 4 is 16.8 Å². The number of carbonyl (C=O) groups excluding carboxylic acids is 1. The van der Waals surface area contributed by atoms with Crippen molar-refractivity contribution in [2.24, 2.45) is 5.73 Å². The van der Waals surface area contributed by atoms with Gasteiger partial charge in [-0.3, -0.25) is 4.79 Å². The lowest BCUT2D eigenvalue weighted by molar-refractivity contribution is 0.0988. The number of hydrogen-bond donors (Lipinski definition) is 1. The minimum absolute atomic E-state index is 0.209. The van der Waals surface area contributed by atoms with Gasteiger partial charge in [-0.05, 0) is 36.5 Å². The lowest BCUT2D eigenvalue weighted by Crippen LogP contribution is -2.22. The van der Waals surface area contributed by atoms with Crippen LogP contribution in [0, 0.1) is 0 Å². The summed E-state index contributed by atoms with van der Waals surface area (Å²) in [5.41, 5.74) is 10.0. The summed E-state index contributed by atoms with van der Waals surface area (Å²) in [5.74, 6) is -0.328. The van der Waals surface area contributed by atoms with E-state index in [1.54, 1.807) is 0 Å². The number of nitrogens with zero attached hydrogens (tertiary/aromatic N) is 1. The molecule has 1 heterocycles. The molecule has 1 unspecified atom stereocenters. The number of para-hydroxylation sites is 1. The molecule has 3 aromatic rings. The van der Waals surface area contributed by atoms with Crippen LogP contribution in [0.25, 0.3) is 10.9 Å². The van der Waals surface area contributed by atoms with Gasteiger partial charge in [-0.25, -0.2) is 0 Å². The zero-order valence-electron chi connectivity index (χ0n) is 15.0. The van der Waals surface area contributed by atoms with Crippen LogP contribution in [0.15, 0.2) is 54.6 Å². The molecule has 0 spiro atoms. The van der Waals surface area contributed by atoms with Gasteiger partial charge in [-0.15, -0.1) is 0 Å². The van der Waals surface area contributed by atoms with E-state index in [1.165, 1.54) is 5.56 Å². The van der Waals surface area contributed by atoms with Crippen molar-refractivity contribution < 1.29 is 4.79 Å². The highest BCUT2D eigenvalue weighted by Crippen LogP contribution is 2.33. The van der Waals surface area contributed by atoms with Gasteiger partial charge in [0.25, 0.3) is 5.91 Å². The number of hydrogen-bond acceptors (Lipinski definition) is 1. The predicted molar refractivity (Wildman–Crippen MR) is 104 cm³/mol. The first-order valence-corrected chi connectivity index (χ1v) is 9.12. The smallest absolute Gasteiger partial charge is 0.265 e. The monoisotopic (exact) mass is 334 g/mol. The molecule has 1 aromatic heterocycles. The number of aryl methyl sites for hydroxylation is 1. The SMILES string of the molecule is CCCc1c(C(N)=O)n(C(CC)Cc2ccccc2)c2ccccc12. The number of aromatic nitrogens is 1. The fraction of sp³-hybridized carbons (Fsp3) is 0.318. The topological polar surface area (TPSA) is 48.0 Å².